The lowest BCUT2D eigenvalue weighted by atomic mass is 9.81. The minimum atomic E-state index is -1.28. The molecule has 0 bridgehead atoms. The van der Waals surface area contributed by atoms with Crippen LogP contribution in [0.4, 0.5) is 0 Å². The third kappa shape index (κ3) is 4.35. The first kappa shape index (κ1) is 19.1. The molecule has 2 aromatic carbocycles. The van der Waals surface area contributed by atoms with Gasteiger partial charge in [-0.05, 0) is 43.7 Å². The van der Waals surface area contributed by atoms with Crippen molar-refractivity contribution in [2.75, 3.05) is 13.9 Å². The molecule has 27 heavy (non-hydrogen) atoms. The Bertz CT molecular complexity index is 878. The number of nitrogens with zero attached hydrogens (tertiary/aromatic N) is 1. The monoisotopic (exact) mass is 363 g/mol. The van der Waals surface area contributed by atoms with Crippen LogP contribution in [-0.4, -0.2) is 24.0 Å². The topological polar surface area (TPSA) is 51.6 Å². The second-order valence-corrected chi connectivity index (χ2v) is 6.77. The van der Waals surface area contributed by atoms with Crippen LogP contribution in [0.1, 0.15) is 27.9 Å². The maximum absolute atomic E-state index is 11.9. The van der Waals surface area contributed by atoms with Crippen molar-refractivity contribution in [2.24, 2.45) is 0 Å². The van der Waals surface area contributed by atoms with E-state index in [9.17, 15) is 5.11 Å². The van der Waals surface area contributed by atoms with Crippen molar-refractivity contribution in [2.45, 2.75) is 25.9 Å². The smallest absolute Gasteiger partial charge is 0.188 e. The van der Waals surface area contributed by atoms with Crippen molar-refractivity contribution in [1.82, 2.24) is 4.98 Å². The summed E-state index contributed by atoms with van der Waals surface area (Å²) in [4.78, 5) is 4.42. The fraction of sp³-hybridized carbons (Fsp3) is 0.261. The van der Waals surface area contributed by atoms with Gasteiger partial charge in [-0.1, -0.05) is 47.5 Å². The normalized spacial score (nSPS) is 13.2. The van der Waals surface area contributed by atoms with Gasteiger partial charge in [-0.15, -0.1) is 0 Å². The number of benzene rings is 2. The summed E-state index contributed by atoms with van der Waals surface area (Å²) in [5, 5.41) is 11.9. The molecule has 0 aliphatic carbocycles. The predicted molar refractivity (Wildman–Crippen MR) is 106 cm³/mol. The van der Waals surface area contributed by atoms with Crippen LogP contribution < -0.4 is 4.74 Å². The molecule has 1 heterocycles. The molecule has 1 aromatic heterocycles. The molecular weight excluding hydrogens is 338 g/mol. The van der Waals surface area contributed by atoms with E-state index in [4.69, 9.17) is 9.47 Å². The van der Waals surface area contributed by atoms with Gasteiger partial charge in [0.1, 0.15) is 11.4 Å². The number of pyridine rings is 1. The van der Waals surface area contributed by atoms with E-state index in [0.717, 1.165) is 22.4 Å². The Morgan fingerprint density at radius 1 is 0.963 bits per heavy atom. The standard InChI is InChI=1S/C23H25NO3/c1-17-7-10-19(11-8-17)23(25,15-20-6-4-5-13-24-20)21-14-18(2)9-12-22(21)27-16-26-3/h4-14,25H,15-16H2,1-3H3. The highest BCUT2D eigenvalue weighted by atomic mass is 16.7. The van der Waals surface area contributed by atoms with Crippen molar-refractivity contribution < 1.29 is 14.6 Å². The molecule has 4 nitrogen and oxygen atoms in total. The van der Waals surface area contributed by atoms with Crippen molar-refractivity contribution in [1.29, 1.82) is 0 Å². The summed E-state index contributed by atoms with van der Waals surface area (Å²) < 4.78 is 10.8. The molecule has 4 heteroatoms. The van der Waals surface area contributed by atoms with Gasteiger partial charge in [-0.2, -0.15) is 0 Å². The van der Waals surface area contributed by atoms with Crippen LogP contribution >= 0.6 is 0 Å². The summed E-state index contributed by atoms with van der Waals surface area (Å²) in [6, 6.07) is 19.4. The molecule has 1 atom stereocenters. The third-order valence-corrected chi connectivity index (χ3v) is 4.61. The average molecular weight is 363 g/mol. The molecule has 0 amide bonds. The summed E-state index contributed by atoms with van der Waals surface area (Å²) in [6.07, 6.45) is 2.08. The fourth-order valence-electron chi connectivity index (χ4n) is 3.16. The van der Waals surface area contributed by atoms with Crippen molar-refractivity contribution in [3.05, 3.63) is 94.8 Å². The Labute approximate surface area is 160 Å². The van der Waals surface area contributed by atoms with Crippen LogP contribution in [0, 0.1) is 13.8 Å². The van der Waals surface area contributed by atoms with Crippen molar-refractivity contribution in [3.8, 4) is 5.75 Å². The first-order chi connectivity index (χ1) is 13.0. The van der Waals surface area contributed by atoms with E-state index in [1.54, 1.807) is 13.3 Å². The predicted octanol–water partition coefficient (Wildman–Crippen LogP) is 4.16. The van der Waals surface area contributed by atoms with E-state index in [1.165, 1.54) is 0 Å². The summed E-state index contributed by atoms with van der Waals surface area (Å²) in [7, 11) is 1.58. The van der Waals surface area contributed by atoms with Gasteiger partial charge in [-0.25, -0.2) is 0 Å². The second kappa shape index (κ2) is 8.33. The van der Waals surface area contributed by atoms with Crippen molar-refractivity contribution in [3.63, 3.8) is 0 Å². The van der Waals surface area contributed by atoms with Gasteiger partial charge in [0, 0.05) is 31.0 Å². The van der Waals surface area contributed by atoms with Crippen LogP contribution in [0.15, 0.2) is 66.9 Å². The third-order valence-electron chi connectivity index (χ3n) is 4.61. The molecule has 1 unspecified atom stereocenters. The Hall–Kier alpha value is -2.69. The zero-order valence-electron chi connectivity index (χ0n) is 16.0. The fourth-order valence-corrected chi connectivity index (χ4v) is 3.16. The maximum Gasteiger partial charge on any atom is 0.188 e. The van der Waals surface area contributed by atoms with Gasteiger partial charge in [0.2, 0.25) is 0 Å². The Balaban J connectivity index is 2.15. The second-order valence-electron chi connectivity index (χ2n) is 6.77. The number of rotatable bonds is 7. The minimum absolute atomic E-state index is 0.115. The number of hydrogen-bond donors (Lipinski definition) is 1. The highest BCUT2D eigenvalue weighted by Crippen LogP contribution is 2.39. The van der Waals surface area contributed by atoms with E-state index in [-0.39, 0.29) is 6.79 Å². The summed E-state index contributed by atoms with van der Waals surface area (Å²) >= 11 is 0. The van der Waals surface area contributed by atoms with E-state index in [2.05, 4.69) is 4.98 Å². The summed E-state index contributed by atoms with van der Waals surface area (Å²) in [6.45, 7) is 4.14. The van der Waals surface area contributed by atoms with Gasteiger partial charge in [-0.3, -0.25) is 4.98 Å². The molecule has 0 aliphatic rings. The highest BCUT2D eigenvalue weighted by Gasteiger charge is 2.35. The van der Waals surface area contributed by atoms with Crippen LogP contribution in [0.5, 0.6) is 5.75 Å². The summed E-state index contributed by atoms with van der Waals surface area (Å²) in [5.74, 6) is 0.599. The molecule has 0 saturated carbocycles. The highest BCUT2D eigenvalue weighted by molar-refractivity contribution is 5.48. The van der Waals surface area contributed by atoms with Gasteiger partial charge in [0.25, 0.3) is 0 Å². The molecule has 0 aliphatic heterocycles. The van der Waals surface area contributed by atoms with Crippen LogP contribution in [0.3, 0.4) is 0 Å². The van der Waals surface area contributed by atoms with E-state index < -0.39 is 5.60 Å². The largest absolute Gasteiger partial charge is 0.467 e. The lowest BCUT2D eigenvalue weighted by Crippen LogP contribution is -2.31. The zero-order valence-corrected chi connectivity index (χ0v) is 16.0. The van der Waals surface area contributed by atoms with Gasteiger partial charge in [0.15, 0.2) is 6.79 Å². The molecule has 1 N–H and O–H groups in total. The number of aliphatic hydroxyl groups is 1. The number of methoxy groups -OCH3 is 1. The quantitative estimate of drug-likeness (QED) is 0.641. The zero-order chi connectivity index (χ0) is 19.3. The molecule has 3 aromatic rings. The van der Waals surface area contributed by atoms with E-state index >= 15 is 0 Å². The van der Waals surface area contributed by atoms with Gasteiger partial charge in [0.05, 0.1) is 0 Å². The Morgan fingerprint density at radius 3 is 2.37 bits per heavy atom. The molecule has 0 spiro atoms. The molecular formula is C23H25NO3. The lowest BCUT2D eigenvalue weighted by molar-refractivity contribution is 0.0398. The van der Waals surface area contributed by atoms with E-state index in [1.807, 2.05) is 74.5 Å². The number of aryl methyl sites for hydroxylation is 2. The van der Waals surface area contributed by atoms with Crippen LogP contribution in [0.25, 0.3) is 0 Å². The minimum Gasteiger partial charge on any atom is -0.467 e. The molecule has 140 valence electrons. The molecule has 0 saturated heterocycles. The number of ether oxygens (including phenoxy) is 2. The molecule has 0 radical (unpaired) electrons. The Morgan fingerprint density at radius 2 is 1.70 bits per heavy atom. The van der Waals surface area contributed by atoms with Crippen LogP contribution in [-0.2, 0) is 16.8 Å². The molecule has 0 fully saturated rings. The summed E-state index contributed by atoms with van der Waals surface area (Å²) in [5.41, 5.74) is 3.21. The van der Waals surface area contributed by atoms with Crippen LogP contribution in [0.2, 0.25) is 0 Å². The Kier molecular flexibility index (Phi) is 5.89. The SMILES string of the molecule is COCOc1ccc(C)cc1C(O)(Cc1ccccn1)c1ccc(C)cc1. The van der Waals surface area contributed by atoms with Gasteiger partial charge < -0.3 is 14.6 Å². The number of hydrogen-bond acceptors (Lipinski definition) is 4. The van der Waals surface area contributed by atoms with E-state index in [0.29, 0.717) is 17.7 Å². The first-order valence-electron chi connectivity index (χ1n) is 8.95. The molecule has 3 rings (SSSR count). The van der Waals surface area contributed by atoms with Crippen molar-refractivity contribution >= 4 is 0 Å². The number of aromatic nitrogens is 1. The lowest BCUT2D eigenvalue weighted by Gasteiger charge is -2.31. The first-order valence-corrected chi connectivity index (χ1v) is 8.95. The van der Waals surface area contributed by atoms with Gasteiger partial charge >= 0.3 is 0 Å². The average Bonchev–Trinajstić information content (AvgIpc) is 2.68. The maximum atomic E-state index is 11.9.